The van der Waals surface area contributed by atoms with E-state index in [1.165, 1.54) is 0 Å². The van der Waals surface area contributed by atoms with Crippen LogP contribution < -0.4 is 15.2 Å². The Balaban J connectivity index is 2.34. The second-order valence-electron chi connectivity index (χ2n) is 7.20. The van der Waals surface area contributed by atoms with E-state index in [1.807, 2.05) is 18.2 Å². The van der Waals surface area contributed by atoms with Gasteiger partial charge in [0.25, 0.3) is 0 Å². The molecule has 1 aromatic rings. The summed E-state index contributed by atoms with van der Waals surface area (Å²) in [5.74, 6) is 2.95. The fourth-order valence-corrected chi connectivity index (χ4v) is 3.64. The van der Waals surface area contributed by atoms with Gasteiger partial charge in [-0.3, -0.25) is 0 Å². The van der Waals surface area contributed by atoms with Crippen LogP contribution in [0.5, 0.6) is 11.5 Å². The van der Waals surface area contributed by atoms with Crippen LogP contribution in [0.25, 0.3) is 0 Å². The van der Waals surface area contributed by atoms with Crippen molar-refractivity contribution in [2.75, 3.05) is 7.11 Å². The van der Waals surface area contributed by atoms with E-state index in [2.05, 4.69) is 27.7 Å². The highest BCUT2D eigenvalue weighted by Gasteiger charge is 2.40. The highest BCUT2D eigenvalue weighted by Crippen LogP contribution is 2.45. The minimum absolute atomic E-state index is 0.0151. The number of benzene rings is 1. The van der Waals surface area contributed by atoms with E-state index in [4.69, 9.17) is 15.2 Å². The summed E-state index contributed by atoms with van der Waals surface area (Å²) in [5, 5.41) is 0. The third kappa shape index (κ3) is 3.70. The molecule has 0 saturated heterocycles. The minimum Gasteiger partial charge on any atom is -0.497 e. The van der Waals surface area contributed by atoms with Gasteiger partial charge in [-0.25, -0.2) is 0 Å². The average molecular weight is 291 g/mol. The summed E-state index contributed by atoms with van der Waals surface area (Å²) in [6, 6.07) is 5.98. The Hall–Kier alpha value is -1.22. The molecule has 21 heavy (non-hydrogen) atoms. The second-order valence-corrected chi connectivity index (χ2v) is 7.20. The second kappa shape index (κ2) is 6.27. The minimum atomic E-state index is -0.136. The van der Waals surface area contributed by atoms with Crippen LogP contribution in [0.2, 0.25) is 0 Å². The summed E-state index contributed by atoms with van der Waals surface area (Å²) in [5.41, 5.74) is 7.39. The highest BCUT2D eigenvalue weighted by molar-refractivity contribution is 5.44. The predicted molar refractivity (Wildman–Crippen MR) is 86.8 cm³/mol. The van der Waals surface area contributed by atoms with Crippen LogP contribution in [0.1, 0.15) is 58.6 Å². The molecule has 3 nitrogen and oxygen atoms in total. The van der Waals surface area contributed by atoms with Crippen LogP contribution in [0.15, 0.2) is 18.2 Å². The number of fused-ring (bicyclic) bond motifs is 1. The van der Waals surface area contributed by atoms with Crippen molar-refractivity contribution in [1.29, 1.82) is 0 Å². The van der Waals surface area contributed by atoms with E-state index >= 15 is 0 Å². The standard InChI is InChI=1S/C18H29NO2/c1-12(2)9-18(10-13(3)4)11-16(19)15-8-14(20-5)6-7-17(15)21-18/h6-8,12-13,16H,9-11,19H2,1-5H3/t16-/m0/s1. The Morgan fingerprint density at radius 1 is 1.24 bits per heavy atom. The molecule has 3 heteroatoms. The maximum atomic E-state index is 6.48. The Kier molecular flexibility index (Phi) is 4.82. The first kappa shape index (κ1) is 16.2. The molecule has 0 aromatic heterocycles. The third-order valence-corrected chi connectivity index (χ3v) is 4.10. The quantitative estimate of drug-likeness (QED) is 0.879. The van der Waals surface area contributed by atoms with E-state index in [0.29, 0.717) is 11.8 Å². The van der Waals surface area contributed by atoms with Gasteiger partial charge >= 0.3 is 0 Å². The van der Waals surface area contributed by atoms with E-state index in [-0.39, 0.29) is 11.6 Å². The van der Waals surface area contributed by atoms with Gasteiger partial charge in [-0.1, -0.05) is 27.7 Å². The molecule has 0 saturated carbocycles. The lowest BCUT2D eigenvalue weighted by Crippen LogP contribution is -2.45. The van der Waals surface area contributed by atoms with Crippen molar-refractivity contribution in [2.45, 2.75) is 58.6 Å². The van der Waals surface area contributed by atoms with E-state index in [1.54, 1.807) is 7.11 Å². The van der Waals surface area contributed by atoms with Gasteiger partial charge in [0, 0.05) is 18.0 Å². The molecule has 0 radical (unpaired) electrons. The first-order valence-electron chi connectivity index (χ1n) is 7.98. The van der Waals surface area contributed by atoms with Crippen LogP contribution in [-0.2, 0) is 0 Å². The summed E-state index contributed by atoms with van der Waals surface area (Å²) in [6.07, 6.45) is 2.97. The lowest BCUT2D eigenvalue weighted by molar-refractivity contribution is -0.00170. The first-order valence-corrected chi connectivity index (χ1v) is 7.98. The molecule has 0 unspecified atom stereocenters. The molecule has 1 aliphatic heterocycles. The average Bonchev–Trinajstić information content (AvgIpc) is 2.36. The molecule has 0 fully saturated rings. The number of rotatable bonds is 5. The molecule has 2 rings (SSSR count). The monoisotopic (exact) mass is 291 g/mol. The van der Waals surface area contributed by atoms with E-state index < -0.39 is 0 Å². The molecule has 0 aliphatic carbocycles. The largest absolute Gasteiger partial charge is 0.497 e. The first-order chi connectivity index (χ1) is 9.85. The van der Waals surface area contributed by atoms with Gasteiger partial charge in [-0.2, -0.15) is 0 Å². The van der Waals surface area contributed by atoms with Crippen LogP contribution >= 0.6 is 0 Å². The SMILES string of the molecule is COc1ccc2c(c1)[C@@H](N)CC(CC(C)C)(CC(C)C)O2. The maximum absolute atomic E-state index is 6.48. The molecule has 1 aromatic carbocycles. The fraction of sp³-hybridized carbons (Fsp3) is 0.667. The highest BCUT2D eigenvalue weighted by atomic mass is 16.5. The molecule has 0 spiro atoms. The molecule has 2 N–H and O–H groups in total. The number of hydrogen-bond donors (Lipinski definition) is 1. The number of methoxy groups -OCH3 is 1. The van der Waals surface area contributed by atoms with Gasteiger partial charge in [-0.15, -0.1) is 0 Å². The molecule has 1 aliphatic rings. The topological polar surface area (TPSA) is 44.5 Å². The van der Waals surface area contributed by atoms with Crippen LogP contribution in [0.4, 0.5) is 0 Å². The smallest absolute Gasteiger partial charge is 0.125 e. The van der Waals surface area contributed by atoms with E-state index in [0.717, 1.165) is 36.3 Å². The molecule has 0 amide bonds. The molecule has 1 atom stereocenters. The molecule has 118 valence electrons. The third-order valence-electron chi connectivity index (χ3n) is 4.10. The van der Waals surface area contributed by atoms with Gasteiger partial charge in [0.1, 0.15) is 17.1 Å². The van der Waals surface area contributed by atoms with Crippen LogP contribution in [0.3, 0.4) is 0 Å². The predicted octanol–water partition coefficient (Wildman–Crippen LogP) is 4.31. The van der Waals surface area contributed by atoms with E-state index in [9.17, 15) is 0 Å². The lowest BCUT2D eigenvalue weighted by Gasteiger charge is -2.43. The van der Waals surface area contributed by atoms with Crippen LogP contribution in [-0.4, -0.2) is 12.7 Å². The van der Waals surface area contributed by atoms with Crippen molar-refractivity contribution >= 4 is 0 Å². The summed E-state index contributed by atoms with van der Waals surface area (Å²) in [4.78, 5) is 0. The summed E-state index contributed by atoms with van der Waals surface area (Å²) in [7, 11) is 1.68. The van der Waals surface area contributed by atoms with Crippen molar-refractivity contribution in [1.82, 2.24) is 0 Å². The van der Waals surface area contributed by atoms with Crippen molar-refractivity contribution in [3.05, 3.63) is 23.8 Å². The summed E-state index contributed by atoms with van der Waals surface area (Å²) < 4.78 is 11.8. The van der Waals surface area contributed by atoms with Gasteiger partial charge in [0.15, 0.2) is 0 Å². The molecular weight excluding hydrogens is 262 g/mol. The van der Waals surface area contributed by atoms with Gasteiger partial charge in [0.05, 0.1) is 7.11 Å². The Morgan fingerprint density at radius 2 is 1.86 bits per heavy atom. The zero-order valence-corrected chi connectivity index (χ0v) is 14.0. The Labute approximate surface area is 128 Å². The van der Waals surface area contributed by atoms with Crippen molar-refractivity contribution in [3.8, 4) is 11.5 Å². The van der Waals surface area contributed by atoms with Crippen molar-refractivity contribution in [3.63, 3.8) is 0 Å². The van der Waals surface area contributed by atoms with Crippen LogP contribution in [0, 0.1) is 11.8 Å². The zero-order chi connectivity index (χ0) is 15.6. The number of nitrogens with two attached hydrogens (primary N) is 1. The Bertz CT molecular complexity index is 472. The maximum Gasteiger partial charge on any atom is 0.125 e. The molecule has 1 heterocycles. The number of hydrogen-bond acceptors (Lipinski definition) is 3. The summed E-state index contributed by atoms with van der Waals surface area (Å²) in [6.45, 7) is 9.00. The van der Waals surface area contributed by atoms with Gasteiger partial charge in [0.2, 0.25) is 0 Å². The van der Waals surface area contributed by atoms with Gasteiger partial charge in [-0.05, 0) is 42.9 Å². The van der Waals surface area contributed by atoms with Gasteiger partial charge < -0.3 is 15.2 Å². The molecule has 0 bridgehead atoms. The van der Waals surface area contributed by atoms with Crippen molar-refractivity contribution in [2.24, 2.45) is 17.6 Å². The zero-order valence-electron chi connectivity index (χ0n) is 14.0. The number of ether oxygens (including phenoxy) is 2. The lowest BCUT2D eigenvalue weighted by atomic mass is 9.77. The van der Waals surface area contributed by atoms with Crippen molar-refractivity contribution < 1.29 is 9.47 Å². The molecular formula is C18H29NO2. The fourth-order valence-electron chi connectivity index (χ4n) is 3.64. The normalized spacial score (nSPS) is 20.3. The Morgan fingerprint density at radius 3 is 2.38 bits per heavy atom. The summed E-state index contributed by atoms with van der Waals surface area (Å²) >= 11 is 0.